The first-order chi connectivity index (χ1) is 13.2. The fraction of sp³-hybridized carbons (Fsp3) is 0.136. The van der Waals surface area contributed by atoms with Gasteiger partial charge in [0.1, 0.15) is 12.4 Å². The molecule has 3 nitrogen and oxygen atoms in total. The molecule has 0 N–H and O–H groups in total. The van der Waals surface area contributed by atoms with Crippen molar-refractivity contribution in [3.8, 4) is 11.5 Å². The summed E-state index contributed by atoms with van der Waals surface area (Å²) in [6.45, 7) is 2.71. The van der Waals surface area contributed by atoms with E-state index in [1.165, 1.54) is 12.1 Å². The normalized spacial score (nSPS) is 10.9. The minimum atomic E-state index is -0.275. The van der Waals surface area contributed by atoms with E-state index in [1.54, 1.807) is 12.3 Å². The van der Waals surface area contributed by atoms with Crippen molar-refractivity contribution in [2.45, 2.75) is 13.5 Å². The summed E-state index contributed by atoms with van der Waals surface area (Å²) in [5.74, 6) is 1.03. The molecule has 0 atom stereocenters. The number of hydrogen-bond acceptors (Lipinski definition) is 3. The van der Waals surface area contributed by atoms with E-state index in [2.05, 4.69) is 27.6 Å². The van der Waals surface area contributed by atoms with Crippen molar-refractivity contribution >= 4 is 34.5 Å². The Morgan fingerprint density at radius 2 is 1.81 bits per heavy atom. The zero-order chi connectivity index (χ0) is 19.1. The van der Waals surface area contributed by atoms with Crippen LogP contribution in [0.4, 0.5) is 10.1 Å². The maximum absolute atomic E-state index is 13.4. The summed E-state index contributed by atoms with van der Waals surface area (Å²) in [6.07, 6.45) is 1.80. The molecule has 0 aliphatic heterocycles. The van der Waals surface area contributed by atoms with Gasteiger partial charge in [0.15, 0.2) is 11.5 Å². The highest BCUT2D eigenvalue weighted by molar-refractivity contribution is 14.1. The largest absolute Gasteiger partial charge is 0.490 e. The van der Waals surface area contributed by atoms with Gasteiger partial charge < -0.3 is 9.47 Å². The van der Waals surface area contributed by atoms with Crippen LogP contribution in [0.15, 0.2) is 71.7 Å². The molecule has 5 heteroatoms. The van der Waals surface area contributed by atoms with Crippen LogP contribution in [0.2, 0.25) is 0 Å². The van der Waals surface area contributed by atoms with E-state index in [9.17, 15) is 4.39 Å². The number of aliphatic imine (C=N–C) groups is 1. The molecule has 0 aliphatic rings. The Bertz CT molecular complexity index is 929. The lowest BCUT2D eigenvalue weighted by Gasteiger charge is -2.15. The smallest absolute Gasteiger partial charge is 0.175 e. The summed E-state index contributed by atoms with van der Waals surface area (Å²) in [7, 11) is 0. The minimum Gasteiger partial charge on any atom is -0.490 e. The van der Waals surface area contributed by atoms with Crippen LogP contribution in [-0.4, -0.2) is 12.8 Å². The molecule has 27 heavy (non-hydrogen) atoms. The molecule has 0 aliphatic carbocycles. The Kier molecular flexibility index (Phi) is 6.81. The molecule has 3 rings (SSSR count). The van der Waals surface area contributed by atoms with Crippen LogP contribution in [0.25, 0.3) is 0 Å². The number of hydrogen-bond donors (Lipinski definition) is 0. The van der Waals surface area contributed by atoms with Crippen molar-refractivity contribution in [3.05, 3.63) is 87.2 Å². The highest BCUT2D eigenvalue weighted by Crippen LogP contribution is 2.34. The average Bonchev–Trinajstić information content (AvgIpc) is 2.67. The second kappa shape index (κ2) is 9.50. The molecule has 0 bridgehead atoms. The molecular weight excluding hydrogens is 456 g/mol. The lowest BCUT2D eigenvalue weighted by atomic mass is 10.2. The van der Waals surface area contributed by atoms with Gasteiger partial charge in [-0.05, 0) is 77.0 Å². The van der Waals surface area contributed by atoms with E-state index in [1.807, 2.05) is 55.5 Å². The molecule has 3 aromatic rings. The number of benzene rings is 3. The first-order valence-corrected chi connectivity index (χ1v) is 9.66. The fourth-order valence-electron chi connectivity index (χ4n) is 2.51. The Labute approximate surface area is 172 Å². The van der Waals surface area contributed by atoms with Gasteiger partial charge in [0, 0.05) is 6.21 Å². The lowest BCUT2D eigenvalue weighted by molar-refractivity contribution is 0.267. The summed E-state index contributed by atoms with van der Waals surface area (Å²) in [5, 5.41) is 0. The Balaban J connectivity index is 1.82. The Morgan fingerprint density at radius 1 is 1.00 bits per heavy atom. The van der Waals surface area contributed by atoms with Crippen molar-refractivity contribution in [1.29, 1.82) is 0 Å². The van der Waals surface area contributed by atoms with E-state index in [4.69, 9.17) is 9.47 Å². The number of nitrogens with zero attached hydrogens (tertiary/aromatic N) is 1. The van der Waals surface area contributed by atoms with Gasteiger partial charge in [-0.3, -0.25) is 4.99 Å². The number of halogens is 2. The van der Waals surface area contributed by atoms with Gasteiger partial charge in [0.2, 0.25) is 0 Å². The van der Waals surface area contributed by atoms with Crippen LogP contribution in [-0.2, 0) is 6.61 Å². The third-order valence-corrected chi connectivity index (χ3v) is 4.52. The monoisotopic (exact) mass is 475 g/mol. The second-order valence-corrected chi connectivity index (χ2v) is 6.94. The maximum Gasteiger partial charge on any atom is 0.175 e. The van der Waals surface area contributed by atoms with Crippen LogP contribution < -0.4 is 9.47 Å². The van der Waals surface area contributed by atoms with Crippen molar-refractivity contribution < 1.29 is 13.9 Å². The van der Waals surface area contributed by atoms with E-state index in [0.29, 0.717) is 18.1 Å². The van der Waals surface area contributed by atoms with Crippen molar-refractivity contribution in [3.63, 3.8) is 0 Å². The molecule has 0 radical (unpaired) electrons. The van der Waals surface area contributed by atoms with Crippen LogP contribution >= 0.6 is 22.6 Å². The third kappa shape index (κ3) is 5.53. The number of rotatable bonds is 7. The summed E-state index contributed by atoms with van der Waals surface area (Å²) < 4.78 is 26.0. The maximum atomic E-state index is 13.4. The zero-order valence-corrected chi connectivity index (χ0v) is 17.0. The molecule has 0 heterocycles. The Hall–Kier alpha value is -2.41. The summed E-state index contributed by atoms with van der Waals surface area (Å²) >= 11 is 2.21. The molecule has 0 saturated heterocycles. The first-order valence-electron chi connectivity index (χ1n) is 8.58. The highest BCUT2D eigenvalue weighted by Gasteiger charge is 2.12. The molecule has 0 aromatic heterocycles. The quantitative estimate of drug-likeness (QED) is 0.303. The van der Waals surface area contributed by atoms with E-state index in [0.717, 1.165) is 20.4 Å². The second-order valence-electron chi connectivity index (χ2n) is 5.78. The van der Waals surface area contributed by atoms with E-state index < -0.39 is 0 Å². The molecule has 0 fully saturated rings. The third-order valence-electron chi connectivity index (χ3n) is 3.72. The molecule has 0 saturated carbocycles. The van der Waals surface area contributed by atoms with Crippen molar-refractivity contribution in [1.82, 2.24) is 0 Å². The van der Waals surface area contributed by atoms with Crippen LogP contribution in [0, 0.1) is 9.39 Å². The SMILES string of the molecule is CCOc1cc(C=Nc2ccccc2)cc(I)c1OCc1cccc(F)c1. The minimum absolute atomic E-state index is 0.269. The van der Waals surface area contributed by atoms with Crippen molar-refractivity contribution in [2.75, 3.05) is 6.61 Å². The number of ether oxygens (including phenoxy) is 2. The predicted molar refractivity (Wildman–Crippen MR) is 115 cm³/mol. The Morgan fingerprint density at radius 3 is 2.56 bits per heavy atom. The zero-order valence-electron chi connectivity index (χ0n) is 14.9. The molecule has 3 aromatic carbocycles. The van der Waals surface area contributed by atoms with E-state index in [-0.39, 0.29) is 12.4 Å². The van der Waals surface area contributed by atoms with Crippen LogP contribution in [0.5, 0.6) is 11.5 Å². The lowest BCUT2D eigenvalue weighted by Crippen LogP contribution is -2.02. The van der Waals surface area contributed by atoms with Gasteiger partial charge in [0.25, 0.3) is 0 Å². The predicted octanol–water partition coefficient (Wildman–Crippen LogP) is 6.16. The first kappa shape index (κ1) is 19.4. The van der Waals surface area contributed by atoms with Crippen molar-refractivity contribution in [2.24, 2.45) is 4.99 Å². The van der Waals surface area contributed by atoms with Crippen LogP contribution in [0.3, 0.4) is 0 Å². The standard InChI is InChI=1S/C22H19FINO2/c1-2-26-21-13-17(14-25-19-9-4-3-5-10-19)12-20(24)22(21)27-15-16-7-6-8-18(23)11-16/h3-14H,2,15H2,1H3. The van der Waals surface area contributed by atoms with Gasteiger partial charge >= 0.3 is 0 Å². The average molecular weight is 475 g/mol. The molecule has 0 amide bonds. The molecule has 0 unspecified atom stereocenters. The van der Waals surface area contributed by atoms with Gasteiger partial charge in [-0.25, -0.2) is 4.39 Å². The van der Waals surface area contributed by atoms with Gasteiger partial charge in [0.05, 0.1) is 15.9 Å². The van der Waals surface area contributed by atoms with Gasteiger partial charge in [-0.2, -0.15) is 0 Å². The van der Waals surface area contributed by atoms with Crippen LogP contribution in [0.1, 0.15) is 18.1 Å². The van der Waals surface area contributed by atoms with Gasteiger partial charge in [-0.15, -0.1) is 0 Å². The summed E-state index contributed by atoms with van der Waals surface area (Å²) in [5.41, 5.74) is 2.57. The summed E-state index contributed by atoms with van der Waals surface area (Å²) in [4.78, 5) is 4.49. The fourth-order valence-corrected chi connectivity index (χ4v) is 3.29. The number of para-hydroxylation sites is 1. The topological polar surface area (TPSA) is 30.8 Å². The molecule has 0 spiro atoms. The molecular formula is C22H19FINO2. The van der Waals surface area contributed by atoms with E-state index >= 15 is 0 Å². The molecule has 138 valence electrons. The summed E-state index contributed by atoms with van der Waals surface area (Å²) in [6, 6.07) is 20.0. The highest BCUT2D eigenvalue weighted by atomic mass is 127. The van der Waals surface area contributed by atoms with Gasteiger partial charge in [-0.1, -0.05) is 30.3 Å².